The van der Waals surface area contributed by atoms with Gasteiger partial charge in [-0.15, -0.1) is 0 Å². The SMILES string of the molecule is COc1ccc2c(c1)nc(S(=O)Cc1ncc(C)c(OC)c1C)n2CS(=O)(=O)c1cccc(C(=O)O)c1. The summed E-state index contributed by atoms with van der Waals surface area (Å²) >= 11 is 0. The van der Waals surface area contributed by atoms with Crippen LogP contribution in [0.15, 0.2) is 58.7 Å². The van der Waals surface area contributed by atoms with E-state index >= 15 is 0 Å². The van der Waals surface area contributed by atoms with E-state index in [2.05, 4.69) is 9.97 Å². The Balaban J connectivity index is 1.80. The van der Waals surface area contributed by atoms with Gasteiger partial charge in [0, 0.05) is 23.4 Å². The maximum Gasteiger partial charge on any atom is 0.335 e. The van der Waals surface area contributed by atoms with Crippen molar-refractivity contribution in [1.29, 1.82) is 0 Å². The van der Waals surface area contributed by atoms with E-state index in [9.17, 15) is 22.5 Å². The Bertz CT molecular complexity index is 1650. The van der Waals surface area contributed by atoms with Gasteiger partial charge in [-0.3, -0.25) is 9.19 Å². The predicted molar refractivity (Wildman–Crippen MR) is 137 cm³/mol. The standard InChI is InChI=1S/C25H25N3O7S2/c1-15-12-26-21(16(2)23(15)35-4)13-36(31)25-27-20-11-18(34-3)8-9-22(20)28(25)14-37(32,33)19-7-5-6-17(10-19)24(29)30/h5-12H,13-14H2,1-4H3,(H,29,30). The van der Waals surface area contributed by atoms with Crippen LogP contribution in [-0.2, 0) is 32.3 Å². The number of aromatic carboxylic acids is 1. The molecule has 2 aromatic heterocycles. The lowest BCUT2D eigenvalue weighted by molar-refractivity contribution is 0.0696. The summed E-state index contributed by atoms with van der Waals surface area (Å²) in [7, 11) is -2.78. The van der Waals surface area contributed by atoms with Crippen LogP contribution in [0.4, 0.5) is 0 Å². The summed E-state index contributed by atoms with van der Waals surface area (Å²) in [5.74, 6) is -0.704. The maximum atomic E-state index is 13.6. The summed E-state index contributed by atoms with van der Waals surface area (Å²) in [6.45, 7) is 3.68. The van der Waals surface area contributed by atoms with E-state index < -0.39 is 32.5 Å². The molecule has 1 N–H and O–H groups in total. The van der Waals surface area contributed by atoms with Crippen LogP contribution in [0, 0.1) is 13.8 Å². The van der Waals surface area contributed by atoms with Gasteiger partial charge in [0.15, 0.2) is 9.84 Å². The molecule has 1 unspecified atom stereocenters. The number of aryl methyl sites for hydroxylation is 1. The van der Waals surface area contributed by atoms with Gasteiger partial charge in [0.1, 0.15) is 17.4 Å². The second kappa shape index (κ2) is 10.3. The van der Waals surface area contributed by atoms with Crippen LogP contribution in [0.25, 0.3) is 11.0 Å². The first-order valence-electron chi connectivity index (χ1n) is 11.0. The van der Waals surface area contributed by atoms with Crippen LogP contribution >= 0.6 is 0 Å². The first-order chi connectivity index (χ1) is 17.6. The zero-order chi connectivity index (χ0) is 26.9. The molecule has 0 fully saturated rings. The topological polar surface area (TPSA) is 138 Å². The van der Waals surface area contributed by atoms with Crippen LogP contribution in [-0.4, -0.2) is 52.5 Å². The minimum atomic E-state index is -4.04. The highest BCUT2D eigenvalue weighted by Gasteiger charge is 2.25. The van der Waals surface area contributed by atoms with Gasteiger partial charge in [0.2, 0.25) is 5.16 Å². The van der Waals surface area contributed by atoms with Crippen LogP contribution in [0.1, 0.15) is 27.2 Å². The van der Waals surface area contributed by atoms with Crippen LogP contribution in [0.5, 0.6) is 11.5 Å². The Morgan fingerprint density at radius 1 is 1.11 bits per heavy atom. The number of imidazole rings is 1. The first-order valence-corrected chi connectivity index (χ1v) is 14.0. The third-order valence-corrected chi connectivity index (χ3v) is 8.71. The normalized spacial score (nSPS) is 12.4. The lowest BCUT2D eigenvalue weighted by Crippen LogP contribution is -2.16. The third-order valence-electron chi connectivity index (χ3n) is 5.88. The first kappa shape index (κ1) is 26.3. The Kier molecular flexibility index (Phi) is 7.32. The maximum absolute atomic E-state index is 13.6. The number of carboxylic acids is 1. The number of pyridine rings is 1. The van der Waals surface area contributed by atoms with Crippen LogP contribution in [0.3, 0.4) is 0 Å². The van der Waals surface area contributed by atoms with E-state index in [1.807, 2.05) is 13.8 Å². The fraction of sp³-hybridized carbons (Fsp3) is 0.240. The smallest absolute Gasteiger partial charge is 0.335 e. The minimum Gasteiger partial charge on any atom is -0.497 e. The highest BCUT2D eigenvalue weighted by molar-refractivity contribution is 7.90. The summed E-state index contributed by atoms with van der Waals surface area (Å²) in [5, 5.41) is 9.32. The summed E-state index contributed by atoms with van der Waals surface area (Å²) in [4.78, 5) is 20.1. The molecule has 1 atom stereocenters. The largest absolute Gasteiger partial charge is 0.497 e. The monoisotopic (exact) mass is 543 g/mol. The lowest BCUT2D eigenvalue weighted by atomic mass is 10.1. The highest BCUT2D eigenvalue weighted by atomic mass is 32.2. The molecule has 0 saturated carbocycles. The third kappa shape index (κ3) is 5.20. The summed E-state index contributed by atoms with van der Waals surface area (Å²) in [6, 6.07) is 10.0. The number of benzene rings is 2. The van der Waals surface area contributed by atoms with Crippen molar-refractivity contribution in [2.24, 2.45) is 0 Å². The van der Waals surface area contributed by atoms with E-state index in [1.165, 1.54) is 29.9 Å². The lowest BCUT2D eigenvalue weighted by Gasteiger charge is -2.13. The molecule has 0 aliphatic rings. The fourth-order valence-electron chi connectivity index (χ4n) is 3.99. The van der Waals surface area contributed by atoms with Crippen molar-refractivity contribution in [3.63, 3.8) is 0 Å². The molecular formula is C25H25N3O7S2. The number of sulfone groups is 1. The predicted octanol–water partition coefficient (Wildman–Crippen LogP) is 3.50. The molecule has 37 heavy (non-hydrogen) atoms. The molecule has 0 spiro atoms. The molecule has 2 aromatic carbocycles. The molecule has 12 heteroatoms. The van der Waals surface area contributed by atoms with Gasteiger partial charge in [-0.25, -0.2) is 18.2 Å². The number of rotatable bonds is 9. The molecular weight excluding hydrogens is 518 g/mol. The molecule has 0 amide bonds. The number of hydrogen-bond acceptors (Lipinski definition) is 8. The number of aromatic nitrogens is 3. The van der Waals surface area contributed by atoms with Crippen molar-refractivity contribution in [3.05, 3.63) is 71.0 Å². The van der Waals surface area contributed by atoms with Crippen LogP contribution in [0.2, 0.25) is 0 Å². The van der Waals surface area contributed by atoms with Gasteiger partial charge in [0.05, 0.1) is 58.0 Å². The molecule has 0 aliphatic carbocycles. The van der Waals surface area contributed by atoms with E-state index in [0.29, 0.717) is 28.2 Å². The van der Waals surface area contributed by atoms with Gasteiger partial charge in [0.25, 0.3) is 0 Å². The second-order valence-corrected chi connectivity index (χ2v) is 11.6. The van der Waals surface area contributed by atoms with E-state index in [4.69, 9.17) is 9.47 Å². The number of nitrogens with zero attached hydrogens (tertiary/aromatic N) is 3. The van der Waals surface area contributed by atoms with Gasteiger partial charge < -0.3 is 19.1 Å². The average molecular weight is 544 g/mol. The van der Waals surface area contributed by atoms with Gasteiger partial charge in [-0.2, -0.15) is 0 Å². The Labute approximate surface area is 216 Å². The summed E-state index contributed by atoms with van der Waals surface area (Å²) in [5.41, 5.74) is 2.80. The van der Waals surface area contributed by atoms with Crippen LogP contribution < -0.4 is 9.47 Å². The van der Waals surface area contributed by atoms with E-state index in [-0.39, 0.29) is 21.4 Å². The Hall–Kier alpha value is -3.77. The quantitative estimate of drug-likeness (QED) is 0.336. The van der Waals surface area contributed by atoms with Gasteiger partial charge in [-0.05, 0) is 44.2 Å². The summed E-state index contributed by atoms with van der Waals surface area (Å²) < 4.78 is 52.4. The minimum absolute atomic E-state index is 0.0164. The van der Waals surface area contributed by atoms with Crippen molar-refractivity contribution in [2.75, 3.05) is 14.2 Å². The Morgan fingerprint density at radius 2 is 1.86 bits per heavy atom. The van der Waals surface area contributed by atoms with E-state index in [1.54, 1.807) is 31.5 Å². The molecule has 0 radical (unpaired) electrons. The molecule has 0 aliphatic heterocycles. The van der Waals surface area contributed by atoms with Crippen molar-refractivity contribution < 1.29 is 32.0 Å². The molecule has 10 nitrogen and oxygen atoms in total. The molecule has 2 heterocycles. The van der Waals surface area contributed by atoms with Gasteiger partial charge >= 0.3 is 5.97 Å². The van der Waals surface area contributed by atoms with E-state index in [0.717, 1.165) is 17.2 Å². The van der Waals surface area contributed by atoms with Crippen molar-refractivity contribution in [3.8, 4) is 11.5 Å². The zero-order valence-corrected chi connectivity index (χ0v) is 22.2. The number of ether oxygens (including phenoxy) is 2. The molecule has 4 aromatic rings. The number of carbonyl (C=O) groups is 1. The highest BCUT2D eigenvalue weighted by Crippen LogP contribution is 2.29. The molecule has 0 bridgehead atoms. The second-order valence-electron chi connectivity index (χ2n) is 8.29. The van der Waals surface area contributed by atoms with Crippen molar-refractivity contribution in [2.45, 2.75) is 35.5 Å². The number of carboxylic acid groups (broad SMARTS) is 1. The molecule has 4 rings (SSSR count). The Morgan fingerprint density at radius 3 is 2.54 bits per heavy atom. The number of hydrogen-bond donors (Lipinski definition) is 1. The number of methoxy groups -OCH3 is 2. The average Bonchev–Trinajstić information content (AvgIpc) is 3.23. The van der Waals surface area contributed by atoms with Crippen molar-refractivity contribution in [1.82, 2.24) is 14.5 Å². The van der Waals surface area contributed by atoms with Gasteiger partial charge in [-0.1, -0.05) is 6.07 Å². The molecule has 194 valence electrons. The molecule has 0 saturated heterocycles. The fourth-order valence-corrected chi connectivity index (χ4v) is 6.69. The number of fused-ring (bicyclic) bond motifs is 1. The zero-order valence-electron chi connectivity index (χ0n) is 20.6. The van der Waals surface area contributed by atoms with Crippen molar-refractivity contribution >= 4 is 37.6 Å². The summed E-state index contributed by atoms with van der Waals surface area (Å²) in [6.07, 6.45) is 1.63.